The van der Waals surface area contributed by atoms with E-state index in [1.54, 1.807) is 6.20 Å². The molecule has 0 aliphatic carbocycles. The van der Waals surface area contributed by atoms with E-state index in [0.29, 0.717) is 5.11 Å². The van der Waals surface area contributed by atoms with Gasteiger partial charge in [-0.15, -0.1) is 0 Å². The molecule has 2 N–H and O–H groups in total. The molecular formula is C31H33N5OS. The number of nitrogens with zero attached hydrogens (tertiary/aromatic N) is 3. The van der Waals surface area contributed by atoms with Crippen LogP contribution in [0.5, 0.6) is 0 Å². The summed E-state index contributed by atoms with van der Waals surface area (Å²) in [6.07, 6.45) is 2.74. The first-order valence-corrected chi connectivity index (χ1v) is 13.4. The second-order valence-electron chi connectivity index (χ2n) is 9.77. The van der Waals surface area contributed by atoms with Crippen molar-refractivity contribution in [3.05, 3.63) is 113 Å². The number of anilines is 1. The Morgan fingerprint density at radius 3 is 2.50 bits per heavy atom. The molecule has 0 spiro atoms. The minimum Gasteiger partial charge on any atom is -0.352 e. The fourth-order valence-corrected chi connectivity index (χ4v) is 5.85. The van der Waals surface area contributed by atoms with E-state index in [2.05, 4.69) is 72.1 Å². The zero-order valence-electron chi connectivity index (χ0n) is 22.2. The lowest BCUT2D eigenvalue weighted by molar-refractivity contribution is -0.116. The van der Waals surface area contributed by atoms with Crippen molar-refractivity contribution >= 4 is 28.9 Å². The number of hydrogen-bond acceptors (Lipinski definition) is 3. The van der Waals surface area contributed by atoms with E-state index in [0.717, 1.165) is 34.8 Å². The van der Waals surface area contributed by atoms with Gasteiger partial charge in [0.2, 0.25) is 5.91 Å². The standard InChI is InChI=1S/C31H33N5OS/c1-5-23-13-11-12-20(2)29(23)36-21(3)18-25(22(36)4)30-28(26-16-9-10-17-32-26)34-31(38)35(30)19-27(37)33-24-14-7-6-8-15-24/h6-18,28,30H,5,19H2,1-4H3,(H,33,37)(H,34,38)/t28-,30+/m0/s1. The second-order valence-corrected chi connectivity index (χ2v) is 10.2. The van der Waals surface area contributed by atoms with Crippen LogP contribution < -0.4 is 10.6 Å². The molecule has 1 amide bonds. The molecule has 2 aromatic heterocycles. The maximum absolute atomic E-state index is 13.2. The molecule has 3 heterocycles. The van der Waals surface area contributed by atoms with Crippen LogP contribution in [0.1, 0.15) is 52.8 Å². The van der Waals surface area contributed by atoms with Crippen molar-refractivity contribution < 1.29 is 4.79 Å². The normalized spacial score (nSPS) is 16.9. The quantitative estimate of drug-likeness (QED) is 0.292. The summed E-state index contributed by atoms with van der Waals surface area (Å²) in [5, 5.41) is 7.03. The van der Waals surface area contributed by atoms with Gasteiger partial charge in [0.25, 0.3) is 0 Å². The summed E-state index contributed by atoms with van der Waals surface area (Å²) in [5.74, 6) is -0.118. The van der Waals surface area contributed by atoms with Crippen molar-refractivity contribution in [2.75, 3.05) is 11.9 Å². The molecule has 0 unspecified atom stereocenters. The number of aryl methyl sites for hydroxylation is 3. The third-order valence-electron chi connectivity index (χ3n) is 7.28. The number of para-hydroxylation sites is 2. The predicted molar refractivity (Wildman–Crippen MR) is 157 cm³/mol. The van der Waals surface area contributed by atoms with Crippen LogP contribution in [0.4, 0.5) is 5.69 Å². The zero-order valence-corrected chi connectivity index (χ0v) is 23.0. The predicted octanol–water partition coefficient (Wildman–Crippen LogP) is 5.97. The number of rotatable bonds is 7. The SMILES string of the molecule is CCc1cccc(C)c1-n1c(C)cc([C@@H]2[C@H](c3ccccn3)NC(=S)N2CC(=O)Nc2ccccc2)c1C. The number of pyridine rings is 1. The van der Waals surface area contributed by atoms with Crippen LogP contribution >= 0.6 is 12.2 Å². The van der Waals surface area contributed by atoms with Crippen molar-refractivity contribution in [3.63, 3.8) is 0 Å². The molecule has 2 aromatic carbocycles. The second kappa shape index (κ2) is 10.8. The van der Waals surface area contributed by atoms with Crippen LogP contribution in [0.25, 0.3) is 5.69 Å². The Labute approximate surface area is 229 Å². The smallest absolute Gasteiger partial charge is 0.244 e. The molecule has 5 rings (SSSR count). The lowest BCUT2D eigenvalue weighted by Gasteiger charge is -2.28. The first-order valence-electron chi connectivity index (χ1n) is 13.0. The highest BCUT2D eigenvalue weighted by molar-refractivity contribution is 7.80. The highest BCUT2D eigenvalue weighted by atomic mass is 32.1. The van der Waals surface area contributed by atoms with Gasteiger partial charge in [-0.2, -0.15) is 0 Å². The number of thiocarbonyl (C=S) groups is 1. The number of carbonyl (C=O) groups excluding carboxylic acids is 1. The van der Waals surface area contributed by atoms with Gasteiger partial charge in [0.1, 0.15) is 6.54 Å². The Morgan fingerprint density at radius 1 is 1.03 bits per heavy atom. The Kier molecular flexibility index (Phi) is 7.29. The van der Waals surface area contributed by atoms with E-state index in [1.807, 2.05) is 53.4 Å². The molecule has 0 bridgehead atoms. The summed E-state index contributed by atoms with van der Waals surface area (Å²) in [6.45, 7) is 8.79. The Morgan fingerprint density at radius 2 is 1.79 bits per heavy atom. The Balaban J connectivity index is 1.58. The molecule has 4 aromatic rings. The van der Waals surface area contributed by atoms with Crippen LogP contribution in [0, 0.1) is 20.8 Å². The fraction of sp³-hybridized carbons (Fsp3) is 0.258. The number of hydrogen-bond donors (Lipinski definition) is 2. The van der Waals surface area contributed by atoms with E-state index in [9.17, 15) is 4.79 Å². The molecule has 7 heteroatoms. The molecule has 1 fully saturated rings. The van der Waals surface area contributed by atoms with Crippen molar-refractivity contribution in [3.8, 4) is 5.69 Å². The third-order valence-corrected chi connectivity index (χ3v) is 7.64. The number of benzene rings is 2. The van der Waals surface area contributed by atoms with Gasteiger partial charge in [-0.1, -0.05) is 49.4 Å². The average Bonchev–Trinajstić information content (AvgIpc) is 3.39. The summed E-state index contributed by atoms with van der Waals surface area (Å²) in [5.41, 5.74) is 8.83. The zero-order chi connectivity index (χ0) is 26.8. The summed E-state index contributed by atoms with van der Waals surface area (Å²) in [4.78, 5) is 19.8. The molecule has 1 saturated heterocycles. The van der Waals surface area contributed by atoms with E-state index < -0.39 is 0 Å². The minimum atomic E-state index is -0.201. The van der Waals surface area contributed by atoms with Crippen LogP contribution in [0.3, 0.4) is 0 Å². The topological polar surface area (TPSA) is 62.2 Å². The first-order chi connectivity index (χ1) is 18.4. The largest absolute Gasteiger partial charge is 0.352 e. The van der Waals surface area contributed by atoms with Gasteiger partial charge in [0.15, 0.2) is 5.11 Å². The molecule has 6 nitrogen and oxygen atoms in total. The number of nitrogens with one attached hydrogen (secondary N) is 2. The van der Waals surface area contributed by atoms with Gasteiger partial charge in [0, 0.05) is 23.3 Å². The first kappa shape index (κ1) is 25.7. The number of aromatic nitrogens is 2. The van der Waals surface area contributed by atoms with Crippen molar-refractivity contribution in [1.82, 2.24) is 19.8 Å². The number of carbonyl (C=O) groups is 1. The highest BCUT2D eigenvalue weighted by Gasteiger charge is 2.42. The summed E-state index contributed by atoms with van der Waals surface area (Å²) < 4.78 is 2.35. The number of amides is 1. The van der Waals surface area contributed by atoms with Crippen molar-refractivity contribution in [1.29, 1.82) is 0 Å². The molecule has 2 atom stereocenters. The van der Waals surface area contributed by atoms with Gasteiger partial charge in [-0.25, -0.2) is 0 Å². The van der Waals surface area contributed by atoms with Gasteiger partial charge in [-0.05, 0) is 86.4 Å². The lowest BCUT2D eigenvalue weighted by Crippen LogP contribution is -2.37. The van der Waals surface area contributed by atoms with Gasteiger partial charge in [0.05, 0.1) is 23.5 Å². The van der Waals surface area contributed by atoms with Gasteiger partial charge in [-0.3, -0.25) is 9.78 Å². The molecule has 38 heavy (non-hydrogen) atoms. The summed E-state index contributed by atoms with van der Waals surface area (Å²) in [6, 6.07) is 23.7. The molecule has 1 aliphatic heterocycles. The van der Waals surface area contributed by atoms with Crippen molar-refractivity contribution in [2.45, 2.75) is 46.2 Å². The van der Waals surface area contributed by atoms with Gasteiger partial charge < -0.3 is 20.1 Å². The van der Waals surface area contributed by atoms with Crippen LogP contribution in [0.2, 0.25) is 0 Å². The fourth-order valence-electron chi connectivity index (χ4n) is 5.55. The van der Waals surface area contributed by atoms with E-state index in [1.165, 1.54) is 16.8 Å². The maximum atomic E-state index is 13.2. The monoisotopic (exact) mass is 523 g/mol. The van der Waals surface area contributed by atoms with Crippen LogP contribution in [0.15, 0.2) is 79.0 Å². The van der Waals surface area contributed by atoms with E-state index in [-0.39, 0.29) is 24.5 Å². The molecular weight excluding hydrogens is 490 g/mol. The molecule has 1 aliphatic rings. The van der Waals surface area contributed by atoms with E-state index >= 15 is 0 Å². The molecule has 0 radical (unpaired) electrons. The Hall–Kier alpha value is -3.97. The molecule has 0 saturated carbocycles. The van der Waals surface area contributed by atoms with Crippen LogP contribution in [-0.2, 0) is 11.2 Å². The lowest BCUT2D eigenvalue weighted by atomic mass is 9.96. The average molecular weight is 524 g/mol. The summed E-state index contributed by atoms with van der Waals surface area (Å²) in [7, 11) is 0. The van der Waals surface area contributed by atoms with E-state index in [4.69, 9.17) is 12.2 Å². The highest BCUT2D eigenvalue weighted by Crippen LogP contribution is 2.41. The van der Waals surface area contributed by atoms with Gasteiger partial charge >= 0.3 is 0 Å². The van der Waals surface area contributed by atoms with Crippen LogP contribution in [-0.4, -0.2) is 32.0 Å². The molecule has 194 valence electrons. The third kappa shape index (κ3) is 4.82. The Bertz CT molecular complexity index is 1460. The van der Waals surface area contributed by atoms with Crippen molar-refractivity contribution in [2.24, 2.45) is 0 Å². The summed E-state index contributed by atoms with van der Waals surface area (Å²) >= 11 is 5.81. The maximum Gasteiger partial charge on any atom is 0.244 e. The minimum absolute atomic E-state index is 0.118.